The van der Waals surface area contributed by atoms with Crippen LogP contribution < -0.4 is 15.2 Å². The van der Waals surface area contributed by atoms with Crippen molar-refractivity contribution in [1.29, 1.82) is 0 Å². The molecule has 33 heavy (non-hydrogen) atoms. The summed E-state index contributed by atoms with van der Waals surface area (Å²) in [5.41, 5.74) is 9.33. The molecule has 3 rings (SSSR count). The van der Waals surface area contributed by atoms with E-state index in [1.165, 1.54) is 4.52 Å². The number of hydrogen-bond donors (Lipinski definition) is 1. The smallest absolute Gasteiger partial charge is 0.355 e. The van der Waals surface area contributed by atoms with Crippen LogP contribution in [0.2, 0.25) is 0 Å². The zero-order chi connectivity index (χ0) is 24.0. The largest absolute Gasteiger partial charge is 0.475 e. The number of fused-ring (bicyclic) bond motifs is 1. The van der Waals surface area contributed by atoms with Crippen molar-refractivity contribution < 1.29 is 19.0 Å². The number of rotatable bonds is 11. The van der Waals surface area contributed by atoms with E-state index in [9.17, 15) is 4.79 Å². The number of carbonyl (C=O) groups excluding carboxylic acids is 1. The first-order valence-corrected chi connectivity index (χ1v) is 11.7. The van der Waals surface area contributed by atoms with Crippen molar-refractivity contribution >= 4 is 17.4 Å². The first-order chi connectivity index (χ1) is 15.7. The Morgan fingerprint density at radius 1 is 1.15 bits per heavy atom. The summed E-state index contributed by atoms with van der Waals surface area (Å²) >= 11 is 0. The van der Waals surface area contributed by atoms with Gasteiger partial charge in [0.15, 0.2) is 6.54 Å². The molecule has 2 N–H and O–H groups in total. The molecular weight excluding hydrogens is 418 g/mol. The van der Waals surface area contributed by atoms with Crippen LogP contribution in [-0.2, 0) is 23.3 Å². The van der Waals surface area contributed by atoms with E-state index in [1.54, 1.807) is 10.7 Å². The summed E-state index contributed by atoms with van der Waals surface area (Å²) in [7, 11) is 0. The molecule has 2 aromatic heterocycles. The third kappa shape index (κ3) is 6.28. The van der Waals surface area contributed by atoms with Crippen molar-refractivity contribution in [1.82, 2.24) is 14.7 Å². The Kier molecular flexibility index (Phi) is 8.02. The highest BCUT2D eigenvalue weighted by Gasteiger charge is 2.24. The number of Topliss-reactive ketones (excluding diaryl/α,β-unsaturated/α-hetero) is 1. The van der Waals surface area contributed by atoms with E-state index in [4.69, 9.17) is 15.2 Å². The number of anilines is 1. The van der Waals surface area contributed by atoms with Crippen LogP contribution in [0, 0.1) is 0 Å². The topological polar surface area (TPSA) is 95.6 Å². The molecule has 178 valence electrons. The summed E-state index contributed by atoms with van der Waals surface area (Å²) in [6.45, 7) is 12.3. The van der Waals surface area contributed by atoms with Gasteiger partial charge in [0.05, 0.1) is 13.2 Å². The molecule has 8 nitrogen and oxygen atoms in total. The number of unbranched alkanes of at least 4 members (excludes halogenated alkanes) is 2. The highest BCUT2D eigenvalue weighted by molar-refractivity contribution is 5.95. The summed E-state index contributed by atoms with van der Waals surface area (Å²) < 4.78 is 14.4. The third-order valence-corrected chi connectivity index (χ3v) is 5.44. The van der Waals surface area contributed by atoms with Gasteiger partial charge in [0, 0.05) is 24.3 Å². The molecule has 0 saturated heterocycles. The van der Waals surface area contributed by atoms with Gasteiger partial charge in [0.2, 0.25) is 5.78 Å². The Labute approximate surface area is 195 Å². The minimum atomic E-state index is -0.0899. The SMILES string of the molecule is CCCCCOc1ccc2n(n1)c(N)n[n+]2CC(=O)c1cc(COCC)cc(C(C)(C)C)c1. The number of aromatic nitrogens is 4. The summed E-state index contributed by atoms with van der Waals surface area (Å²) in [5.74, 6) is 0.639. The molecule has 3 aromatic rings. The van der Waals surface area contributed by atoms with E-state index in [-0.39, 0.29) is 23.7 Å². The Morgan fingerprint density at radius 3 is 2.64 bits per heavy atom. The van der Waals surface area contributed by atoms with E-state index < -0.39 is 0 Å². The Hall–Kier alpha value is -3.00. The van der Waals surface area contributed by atoms with Crippen molar-refractivity contribution in [2.24, 2.45) is 0 Å². The monoisotopic (exact) mass is 454 g/mol. The van der Waals surface area contributed by atoms with Gasteiger partial charge in [0.1, 0.15) is 0 Å². The van der Waals surface area contributed by atoms with Crippen LogP contribution >= 0.6 is 0 Å². The van der Waals surface area contributed by atoms with Gasteiger partial charge in [-0.15, -0.1) is 4.68 Å². The number of ether oxygens (including phenoxy) is 2. The van der Waals surface area contributed by atoms with Crippen LogP contribution in [0.25, 0.3) is 5.65 Å². The lowest BCUT2D eigenvalue weighted by molar-refractivity contribution is -0.714. The minimum Gasteiger partial charge on any atom is -0.475 e. The van der Waals surface area contributed by atoms with Crippen LogP contribution in [0.5, 0.6) is 5.88 Å². The number of hydrogen-bond acceptors (Lipinski definition) is 6. The number of carbonyl (C=O) groups is 1. The summed E-state index contributed by atoms with van der Waals surface area (Å²) in [6.07, 6.45) is 3.22. The second kappa shape index (κ2) is 10.7. The Morgan fingerprint density at radius 2 is 1.94 bits per heavy atom. The van der Waals surface area contributed by atoms with Gasteiger partial charge in [-0.1, -0.05) is 51.1 Å². The second-order valence-electron chi connectivity index (χ2n) is 9.24. The molecule has 0 saturated carbocycles. The second-order valence-corrected chi connectivity index (χ2v) is 9.24. The first-order valence-electron chi connectivity index (χ1n) is 11.7. The average Bonchev–Trinajstić information content (AvgIpc) is 3.09. The molecule has 0 radical (unpaired) electrons. The van der Waals surface area contributed by atoms with Gasteiger partial charge >= 0.3 is 11.6 Å². The van der Waals surface area contributed by atoms with Crippen LogP contribution in [-0.4, -0.2) is 33.7 Å². The molecule has 0 aliphatic heterocycles. The van der Waals surface area contributed by atoms with Crippen LogP contribution in [0.3, 0.4) is 0 Å². The molecule has 0 aliphatic carbocycles. The molecule has 2 heterocycles. The maximum absolute atomic E-state index is 13.2. The molecule has 0 spiro atoms. The van der Waals surface area contributed by atoms with Crippen LogP contribution in [0.15, 0.2) is 30.3 Å². The van der Waals surface area contributed by atoms with E-state index in [1.807, 2.05) is 25.1 Å². The number of benzene rings is 1. The average molecular weight is 455 g/mol. The summed E-state index contributed by atoms with van der Waals surface area (Å²) in [6, 6.07) is 9.57. The lowest BCUT2D eigenvalue weighted by Crippen LogP contribution is -2.40. The molecule has 0 bridgehead atoms. The van der Waals surface area contributed by atoms with Crippen molar-refractivity contribution in [2.75, 3.05) is 18.9 Å². The van der Waals surface area contributed by atoms with Crippen molar-refractivity contribution in [3.63, 3.8) is 0 Å². The van der Waals surface area contributed by atoms with Gasteiger partial charge in [-0.25, -0.2) is 0 Å². The molecule has 0 unspecified atom stereocenters. The fourth-order valence-corrected chi connectivity index (χ4v) is 3.52. The van der Waals surface area contributed by atoms with E-state index in [0.29, 0.717) is 36.9 Å². The normalized spacial score (nSPS) is 11.8. The van der Waals surface area contributed by atoms with Gasteiger partial charge in [-0.3, -0.25) is 4.79 Å². The minimum absolute atomic E-state index is 0.0521. The molecular formula is C25H36N5O3+. The van der Waals surface area contributed by atoms with Gasteiger partial charge in [-0.2, -0.15) is 0 Å². The van der Waals surface area contributed by atoms with E-state index in [0.717, 1.165) is 30.4 Å². The predicted octanol–water partition coefficient (Wildman–Crippen LogP) is 3.88. The summed E-state index contributed by atoms with van der Waals surface area (Å²) in [4.78, 5) is 13.2. The van der Waals surface area contributed by atoms with Crippen molar-refractivity contribution in [3.05, 3.63) is 47.0 Å². The third-order valence-electron chi connectivity index (χ3n) is 5.44. The number of nitrogens with zero attached hydrogens (tertiary/aromatic N) is 4. The maximum Gasteiger partial charge on any atom is 0.355 e. The standard InChI is InChI=1S/C25H36N5O3/c1-6-8-9-12-33-22-10-11-23-29(28-24(26)30(23)27-22)16-21(31)19-13-18(17-32-7-2)14-20(15-19)25(3,4)5/h10-11,13-15H,6-9,12,16-17H2,1-5H3,(H2,26,28)/q+1. The highest BCUT2D eigenvalue weighted by Crippen LogP contribution is 2.25. The van der Waals surface area contributed by atoms with Gasteiger partial charge < -0.3 is 15.2 Å². The molecule has 0 atom stereocenters. The number of ketones is 1. The summed E-state index contributed by atoms with van der Waals surface area (Å²) in [5, 5.41) is 8.77. The fraction of sp³-hybridized carbons (Fsp3) is 0.520. The lowest BCUT2D eigenvalue weighted by atomic mass is 9.84. The van der Waals surface area contributed by atoms with Crippen LogP contribution in [0.1, 0.15) is 75.4 Å². The molecule has 1 aromatic carbocycles. The van der Waals surface area contributed by atoms with Crippen molar-refractivity contribution in [3.8, 4) is 5.88 Å². The van der Waals surface area contributed by atoms with Crippen molar-refractivity contribution in [2.45, 2.75) is 72.4 Å². The zero-order valence-electron chi connectivity index (χ0n) is 20.4. The molecule has 0 amide bonds. The highest BCUT2D eigenvalue weighted by atomic mass is 16.5. The Balaban J connectivity index is 1.84. The molecule has 8 heteroatoms. The zero-order valence-corrected chi connectivity index (χ0v) is 20.4. The number of nitrogens with two attached hydrogens (primary N) is 1. The molecule has 0 fully saturated rings. The van der Waals surface area contributed by atoms with E-state index >= 15 is 0 Å². The maximum atomic E-state index is 13.2. The predicted molar refractivity (Wildman–Crippen MR) is 127 cm³/mol. The lowest BCUT2D eigenvalue weighted by Gasteiger charge is -2.21. The number of nitrogen functional groups attached to an aromatic ring is 1. The van der Waals surface area contributed by atoms with Gasteiger partial charge in [0.25, 0.3) is 5.88 Å². The quantitative estimate of drug-likeness (QED) is 0.268. The van der Waals surface area contributed by atoms with Gasteiger partial charge in [-0.05, 0) is 52.2 Å². The fourth-order valence-electron chi connectivity index (χ4n) is 3.52. The molecule has 0 aliphatic rings. The Bertz CT molecular complexity index is 1100. The first kappa shape index (κ1) is 24.6. The van der Waals surface area contributed by atoms with Crippen LogP contribution in [0.4, 0.5) is 5.95 Å². The van der Waals surface area contributed by atoms with E-state index in [2.05, 4.69) is 44.0 Å².